The highest BCUT2D eigenvalue weighted by Crippen LogP contribution is 2.28. The van der Waals surface area contributed by atoms with Crippen molar-refractivity contribution in [1.29, 1.82) is 0 Å². The highest BCUT2D eigenvalue weighted by atomic mass is 16.5. The molecule has 2 unspecified atom stereocenters. The molecule has 1 fully saturated rings. The van der Waals surface area contributed by atoms with Crippen molar-refractivity contribution in [2.24, 2.45) is 5.41 Å². The van der Waals surface area contributed by atoms with E-state index in [1.165, 1.54) is 0 Å². The molecule has 1 aliphatic rings. The highest BCUT2D eigenvalue weighted by molar-refractivity contribution is 5.80. The Kier molecular flexibility index (Phi) is 3.84. The summed E-state index contributed by atoms with van der Waals surface area (Å²) in [5, 5.41) is 11.9. The fourth-order valence-electron chi connectivity index (χ4n) is 2.00. The van der Waals surface area contributed by atoms with Crippen molar-refractivity contribution in [3.63, 3.8) is 0 Å². The van der Waals surface area contributed by atoms with E-state index in [1.54, 1.807) is 30.2 Å². The van der Waals surface area contributed by atoms with Crippen LogP contribution in [0.4, 0.5) is 0 Å². The minimum absolute atomic E-state index is 0.120. The zero-order chi connectivity index (χ0) is 13.9. The van der Waals surface area contributed by atoms with Crippen LogP contribution in [-0.2, 0) is 20.9 Å². The monoisotopic (exact) mass is 267 g/mol. The second-order valence-electron chi connectivity index (χ2n) is 4.91. The Morgan fingerprint density at radius 3 is 3.05 bits per heavy atom. The second-order valence-corrected chi connectivity index (χ2v) is 4.91. The predicted molar refractivity (Wildman–Crippen MR) is 65.3 cm³/mol. The average molecular weight is 267 g/mol. The number of hydrogen-bond donors (Lipinski definition) is 2. The number of carboxylic acids is 1. The summed E-state index contributed by atoms with van der Waals surface area (Å²) < 4.78 is 6.97. The largest absolute Gasteiger partial charge is 0.481 e. The third-order valence-corrected chi connectivity index (χ3v) is 3.44. The first-order chi connectivity index (χ1) is 9.02. The molecule has 0 bridgehead atoms. The molecule has 1 aromatic rings. The molecule has 0 saturated carbocycles. The van der Waals surface area contributed by atoms with Crippen LogP contribution in [0.15, 0.2) is 18.7 Å². The summed E-state index contributed by atoms with van der Waals surface area (Å²) in [5.41, 5.74) is -1.05. The minimum Gasteiger partial charge on any atom is -0.481 e. The molecular formula is C12H17N3O4. The van der Waals surface area contributed by atoms with Gasteiger partial charge in [0.05, 0.1) is 25.6 Å². The molecule has 1 aliphatic heterocycles. The minimum atomic E-state index is -1.05. The maximum absolute atomic E-state index is 11.8. The van der Waals surface area contributed by atoms with Crippen molar-refractivity contribution in [2.75, 3.05) is 13.2 Å². The van der Waals surface area contributed by atoms with Crippen molar-refractivity contribution in [2.45, 2.75) is 25.9 Å². The number of aromatic nitrogens is 2. The third kappa shape index (κ3) is 2.93. The van der Waals surface area contributed by atoms with Gasteiger partial charge in [-0.25, -0.2) is 4.98 Å². The van der Waals surface area contributed by atoms with E-state index in [0.29, 0.717) is 6.54 Å². The first kappa shape index (κ1) is 13.5. The summed E-state index contributed by atoms with van der Waals surface area (Å²) in [4.78, 5) is 26.9. The number of ether oxygens (including phenoxy) is 1. The maximum Gasteiger partial charge on any atom is 0.313 e. The van der Waals surface area contributed by atoms with Crippen molar-refractivity contribution in [3.8, 4) is 0 Å². The second kappa shape index (κ2) is 5.40. The Morgan fingerprint density at radius 2 is 2.42 bits per heavy atom. The van der Waals surface area contributed by atoms with Gasteiger partial charge in [0.1, 0.15) is 5.41 Å². The lowest BCUT2D eigenvalue weighted by Crippen LogP contribution is -2.49. The zero-order valence-corrected chi connectivity index (χ0v) is 10.7. The van der Waals surface area contributed by atoms with E-state index in [0.717, 1.165) is 0 Å². The van der Waals surface area contributed by atoms with Gasteiger partial charge >= 0.3 is 5.97 Å². The van der Waals surface area contributed by atoms with E-state index in [-0.39, 0.29) is 25.5 Å². The number of aryl methyl sites for hydroxylation is 1. The third-order valence-electron chi connectivity index (χ3n) is 3.44. The Bertz CT molecular complexity index is 460. The normalized spacial score (nSPS) is 26.3. The number of rotatable bonds is 5. The lowest BCUT2D eigenvalue weighted by molar-refractivity contribution is -0.149. The molecule has 1 amide bonds. The van der Waals surface area contributed by atoms with E-state index in [1.807, 2.05) is 0 Å². The highest BCUT2D eigenvalue weighted by Gasteiger charge is 2.47. The quantitative estimate of drug-likeness (QED) is 0.775. The van der Waals surface area contributed by atoms with Crippen LogP contribution >= 0.6 is 0 Å². The molecule has 104 valence electrons. The number of aliphatic carboxylic acids is 1. The smallest absolute Gasteiger partial charge is 0.313 e. The van der Waals surface area contributed by atoms with Crippen LogP contribution in [0.2, 0.25) is 0 Å². The van der Waals surface area contributed by atoms with Gasteiger partial charge in [-0.15, -0.1) is 0 Å². The number of amides is 1. The molecule has 1 aromatic heterocycles. The first-order valence-corrected chi connectivity index (χ1v) is 6.08. The van der Waals surface area contributed by atoms with Gasteiger partial charge in [-0.1, -0.05) is 0 Å². The molecule has 7 heteroatoms. The van der Waals surface area contributed by atoms with Gasteiger partial charge in [-0.3, -0.25) is 9.59 Å². The van der Waals surface area contributed by atoms with Crippen molar-refractivity contribution in [3.05, 3.63) is 18.7 Å². The molecule has 0 spiro atoms. The number of carboxylic acid groups (broad SMARTS) is 1. The molecule has 2 atom stereocenters. The Labute approximate surface area is 110 Å². The Morgan fingerprint density at radius 1 is 1.63 bits per heavy atom. The molecule has 2 rings (SSSR count). The molecule has 7 nitrogen and oxygen atoms in total. The molecular weight excluding hydrogens is 250 g/mol. The molecule has 2 heterocycles. The van der Waals surface area contributed by atoms with Gasteiger partial charge in [-0.2, -0.15) is 0 Å². The molecule has 0 aromatic carbocycles. The van der Waals surface area contributed by atoms with Gasteiger partial charge < -0.3 is 19.7 Å². The van der Waals surface area contributed by atoms with Gasteiger partial charge in [-0.05, 0) is 6.92 Å². The summed E-state index contributed by atoms with van der Waals surface area (Å²) in [6.07, 6.45) is 5.33. The topological polar surface area (TPSA) is 93.5 Å². The summed E-state index contributed by atoms with van der Waals surface area (Å²) in [5.74, 6) is -1.14. The molecule has 0 radical (unpaired) electrons. The lowest BCUT2D eigenvalue weighted by Gasteiger charge is -2.25. The van der Waals surface area contributed by atoms with E-state index in [4.69, 9.17) is 4.74 Å². The number of carbonyl (C=O) groups is 2. The van der Waals surface area contributed by atoms with E-state index >= 15 is 0 Å². The number of carbonyl (C=O) groups excluding carboxylic acids is 1. The lowest BCUT2D eigenvalue weighted by atomic mass is 9.85. The van der Waals surface area contributed by atoms with Gasteiger partial charge in [0, 0.05) is 25.4 Å². The van der Waals surface area contributed by atoms with E-state index in [9.17, 15) is 14.7 Å². The molecule has 19 heavy (non-hydrogen) atoms. The van der Waals surface area contributed by atoms with Crippen LogP contribution in [-0.4, -0.2) is 45.8 Å². The van der Waals surface area contributed by atoms with Crippen LogP contribution in [0.3, 0.4) is 0 Å². The van der Waals surface area contributed by atoms with Crippen LogP contribution in [0.25, 0.3) is 0 Å². The van der Waals surface area contributed by atoms with Crippen LogP contribution in [0, 0.1) is 5.41 Å². The summed E-state index contributed by atoms with van der Waals surface area (Å²) in [6, 6.07) is -0.486. The molecule has 0 aliphatic carbocycles. The summed E-state index contributed by atoms with van der Waals surface area (Å²) >= 11 is 0. The van der Waals surface area contributed by atoms with Crippen LogP contribution in [0.1, 0.15) is 13.3 Å². The van der Waals surface area contributed by atoms with Crippen LogP contribution in [0.5, 0.6) is 0 Å². The Balaban J connectivity index is 1.86. The first-order valence-electron chi connectivity index (χ1n) is 6.08. The number of nitrogens with one attached hydrogen (secondary N) is 1. The average Bonchev–Trinajstić information content (AvgIpc) is 2.98. The van der Waals surface area contributed by atoms with Gasteiger partial charge in [0.2, 0.25) is 5.91 Å². The standard InChI is InChI=1S/C12H17N3O4/c1-12(11(17)18)7-19-6-9(12)14-10(16)2-4-15-5-3-13-8-15/h3,5,8-9H,2,4,6-7H2,1H3,(H,14,16)(H,17,18). The van der Waals surface area contributed by atoms with E-state index in [2.05, 4.69) is 10.3 Å². The van der Waals surface area contributed by atoms with Crippen molar-refractivity contribution >= 4 is 11.9 Å². The maximum atomic E-state index is 11.8. The van der Waals surface area contributed by atoms with Gasteiger partial charge in [0.25, 0.3) is 0 Å². The SMILES string of the molecule is CC1(C(=O)O)COCC1NC(=O)CCn1ccnc1. The van der Waals surface area contributed by atoms with Crippen molar-refractivity contribution < 1.29 is 19.4 Å². The fourth-order valence-corrected chi connectivity index (χ4v) is 2.00. The predicted octanol–water partition coefficient (Wildman–Crippen LogP) is -0.121. The molecule has 2 N–H and O–H groups in total. The number of hydrogen-bond acceptors (Lipinski definition) is 4. The Hall–Kier alpha value is -1.89. The van der Waals surface area contributed by atoms with Gasteiger partial charge in [0.15, 0.2) is 0 Å². The van der Waals surface area contributed by atoms with Crippen molar-refractivity contribution in [1.82, 2.24) is 14.9 Å². The number of imidazole rings is 1. The zero-order valence-electron chi connectivity index (χ0n) is 10.7. The summed E-state index contributed by atoms with van der Waals surface area (Å²) in [6.45, 7) is 2.46. The van der Waals surface area contributed by atoms with Crippen LogP contribution < -0.4 is 5.32 Å². The number of nitrogens with zero attached hydrogens (tertiary/aromatic N) is 2. The summed E-state index contributed by atoms with van der Waals surface area (Å²) in [7, 11) is 0. The van der Waals surface area contributed by atoms with E-state index < -0.39 is 17.4 Å². The molecule has 1 saturated heterocycles. The fraction of sp³-hybridized carbons (Fsp3) is 0.583.